The summed E-state index contributed by atoms with van der Waals surface area (Å²) in [5.41, 5.74) is 2.90. The van der Waals surface area contributed by atoms with Crippen LogP contribution in [-0.4, -0.2) is 42.9 Å². The number of nitrogens with zero attached hydrogens (tertiary/aromatic N) is 2. The van der Waals surface area contributed by atoms with Gasteiger partial charge in [-0.25, -0.2) is 13.1 Å². The first-order chi connectivity index (χ1) is 16.0. The number of fused-ring (bicyclic) bond motifs is 1. The summed E-state index contributed by atoms with van der Waals surface area (Å²) in [5, 5.41) is 2.70. The van der Waals surface area contributed by atoms with E-state index in [2.05, 4.69) is 21.4 Å². The van der Waals surface area contributed by atoms with E-state index in [-0.39, 0.29) is 11.9 Å². The molecule has 0 atom stereocenters. The first kappa shape index (κ1) is 21.9. The Hall–Kier alpha value is -2.94. The maximum Gasteiger partial charge on any atom is 0.256 e. The first-order valence-electron chi connectivity index (χ1n) is 11.0. The van der Waals surface area contributed by atoms with E-state index in [0.29, 0.717) is 42.2 Å². The van der Waals surface area contributed by atoms with Crippen LogP contribution in [0.15, 0.2) is 82.5 Å². The molecule has 1 fully saturated rings. The molecule has 0 aliphatic carbocycles. The van der Waals surface area contributed by atoms with E-state index in [9.17, 15) is 13.2 Å². The normalized spacial score (nSPS) is 15.2. The molecule has 1 amide bonds. The minimum Gasteiger partial charge on any atom is -0.342 e. The van der Waals surface area contributed by atoms with E-state index < -0.39 is 10.0 Å². The lowest BCUT2D eigenvalue weighted by atomic mass is 10.0. The second-order valence-corrected chi connectivity index (χ2v) is 11.2. The predicted molar refractivity (Wildman–Crippen MR) is 131 cm³/mol. The van der Waals surface area contributed by atoms with E-state index in [1.165, 1.54) is 16.9 Å². The highest BCUT2D eigenvalue weighted by Crippen LogP contribution is 2.26. The lowest BCUT2D eigenvalue weighted by Gasteiger charge is -2.32. The highest BCUT2D eigenvalue weighted by Gasteiger charge is 2.28. The van der Waals surface area contributed by atoms with Crippen LogP contribution in [0.1, 0.15) is 28.8 Å². The minimum atomic E-state index is -3.50. The summed E-state index contributed by atoms with van der Waals surface area (Å²) in [6.07, 6.45) is 3.14. The molecule has 2 aromatic heterocycles. The summed E-state index contributed by atoms with van der Waals surface area (Å²) < 4.78 is 30.3. The zero-order chi connectivity index (χ0) is 22.8. The van der Waals surface area contributed by atoms with Crippen molar-refractivity contribution in [1.29, 1.82) is 0 Å². The molecule has 5 rings (SSSR count). The van der Waals surface area contributed by atoms with Crippen molar-refractivity contribution in [2.24, 2.45) is 0 Å². The Bertz CT molecular complexity index is 1350. The molecule has 4 aromatic rings. The molecule has 1 aliphatic rings. The van der Waals surface area contributed by atoms with Crippen molar-refractivity contribution >= 4 is 38.2 Å². The van der Waals surface area contributed by atoms with Crippen LogP contribution >= 0.6 is 11.3 Å². The molecule has 0 spiro atoms. The standard InChI is InChI=1S/C25H25N3O3S2/c29-25(27-14-12-20(13-15-27)26-33(30,31)24-11-6-16-32-24)22-18-28(17-19-7-2-1-3-8-19)23-10-5-4-9-21(22)23/h1-11,16,18,20,26H,12-15,17H2. The summed E-state index contributed by atoms with van der Waals surface area (Å²) in [7, 11) is -3.50. The average molecular weight is 480 g/mol. The fourth-order valence-corrected chi connectivity index (χ4v) is 6.71. The van der Waals surface area contributed by atoms with Crippen LogP contribution < -0.4 is 4.72 Å². The third-order valence-electron chi connectivity index (χ3n) is 6.08. The van der Waals surface area contributed by atoms with Crippen molar-refractivity contribution in [2.75, 3.05) is 13.1 Å². The average Bonchev–Trinajstić information content (AvgIpc) is 3.49. The largest absolute Gasteiger partial charge is 0.342 e. The Morgan fingerprint density at radius 3 is 2.42 bits per heavy atom. The number of sulfonamides is 1. The van der Waals surface area contributed by atoms with E-state index >= 15 is 0 Å². The molecular weight excluding hydrogens is 454 g/mol. The van der Waals surface area contributed by atoms with Crippen LogP contribution in [0.3, 0.4) is 0 Å². The van der Waals surface area contributed by atoms with Gasteiger partial charge in [0.25, 0.3) is 5.91 Å². The van der Waals surface area contributed by atoms with E-state index in [1.807, 2.05) is 53.6 Å². The Morgan fingerprint density at radius 1 is 0.970 bits per heavy atom. The Kier molecular flexibility index (Phi) is 6.05. The van der Waals surface area contributed by atoms with Gasteiger partial charge >= 0.3 is 0 Å². The second-order valence-electron chi connectivity index (χ2n) is 8.29. The van der Waals surface area contributed by atoms with Crippen molar-refractivity contribution in [3.8, 4) is 0 Å². The van der Waals surface area contributed by atoms with Crippen molar-refractivity contribution in [2.45, 2.75) is 29.6 Å². The van der Waals surface area contributed by atoms with Gasteiger partial charge < -0.3 is 9.47 Å². The smallest absolute Gasteiger partial charge is 0.256 e. The Morgan fingerprint density at radius 2 is 1.70 bits per heavy atom. The molecule has 2 aromatic carbocycles. The molecular formula is C25H25N3O3S2. The van der Waals surface area contributed by atoms with E-state index in [0.717, 1.165) is 10.9 Å². The molecule has 0 unspecified atom stereocenters. The number of aromatic nitrogens is 1. The van der Waals surface area contributed by atoms with E-state index in [1.54, 1.807) is 17.5 Å². The third kappa shape index (κ3) is 4.59. The minimum absolute atomic E-state index is 0.00224. The van der Waals surface area contributed by atoms with Gasteiger partial charge in [-0.3, -0.25) is 4.79 Å². The van der Waals surface area contributed by atoms with Crippen molar-refractivity contribution in [3.05, 3.63) is 89.4 Å². The fourth-order valence-electron chi connectivity index (χ4n) is 4.39. The zero-order valence-electron chi connectivity index (χ0n) is 18.1. The summed E-state index contributed by atoms with van der Waals surface area (Å²) in [5.74, 6) is -0.00224. The molecule has 1 saturated heterocycles. The van der Waals surface area contributed by atoms with Crippen LogP contribution in [0, 0.1) is 0 Å². The van der Waals surface area contributed by atoms with Gasteiger partial charge in [0.15, 0.2) is 0 Å². The van der Waals surface area contributed by atoms with Gasteiger partial charge in [-0.15, -0.1) is 11.3 Å². The molecule has 1 aliphatic heterocycles. The summed E-state index contributed by atoms with van der Waals surface area (Å²) in [6.45, 7) is 1.74. The lowest BCUT2D eigenvalue weighted by molar-refractivity contribution is 0.0713. The number of piperidine rings is 1. The molecule has 33 heavy (non-hydrogen) atoms. The second kappa shape index (κ2) is 9.13. The number of likely N-dealkylation sites (tertiary alicyclic amines) is 1. The van der Waals surface area contributed by atoms with Crippen LogP contribution in [0.25, 0.3) is 10.9 Å². The van der Waals surface area contributed by atoms with Gasteiger partial charge in [-0.1, -0.05) is 54.6 Å². The molecule has 0 radical (unpaired) electrons. The van der Waals surface area contributed by atoms with Gasteiger partial charge in [0.1, 0.15) is 4.21 Å². The van der Waals surface area contributed by atoms with Gasteiger partial charge in [0.05, 0.1) is 5.56 Å². The van der Waals surface area contributed by atoms with Crippen LogP contribution in [-0.2, 0) is 16.6 Å². The van der Waals surface area contributed by atoms with Gasteiger partial charge in [0.2, 0.25) is 10.0 Å². The number of thiophene rings is 1. The number of nitrogens with one attached hydrogen (secondary N) is 1. The summed E-state index contributed by atoms with van der Waals surface area (Å²) in [6, 6.07) is 21.3. The molecule has 0 saturated carbocycles. The zero-order valence-corrected chi connectivity index (χ0v) is 19.7. The molecule has 8 heteroatoms. The number of carbonyl (C=O) groups excluding carboxylic acids is 1. The van der Waals surface area contributed by atoms with Crippen molar-refractivity contribution in [3.63, 3.8) is 0 Å². The monoisotopic (exact) mass is 479 g/mol. The van der Waals surface area contributed by atoms with Crippen LogP contribution in [0.4, 0.5) is 0 Å². The molecule has 6 nitrogen and oxygen atoms in total. The number of hydrogen-bond donors (Lipinski definition) is 1. The van der Waals surface area contributed by atoms with Gasteiger partial charge in [0, 0.05) is 42.8 Å². The van der Waals surface area contributed by atoms with Crippen LogP contribution in [0.2, 0.25) is 0 Å². The molecule has 1 N–H and O–H groups in total. The summed E-state index contributed by atoms with van der Waals surface area (Å²) in [4.78, 5) is 15.3. The first-order valence-corrected chi connectivity index (χ1v) is 13.3. The van der Waals surface area contributed by atoms with Crippen molar-refractivity contribution in [1.82, 2.24) is 14.2 Å². The number of amides is 1. The fraction of sp³-hybridized carbons (Fsp3) is 0.240. The number of hydrogen-bond acceptors (Lipinski definition) is 4. The Labute approximate surface area is 197 Å². The topological polar surface area (TPSA) is 71.4 Å². The van der Waals surface area contributed by atoms with Crippen molar-refractivity contribution < 1.29 is 13.2 Å². The maximum absolute atomic E-state index is 13.4. The molecule has 170 valence electrons. The highest BCUT2D eigenvalue weighted by atomic mass is 32.2. The van der Waals surface area contributed by atoms with E-state index in [4.69, 9.17) is 0 Å². The van der Waals surface area contributed by atoms with Gasteiger partial charge in [-0.05, 0) is 35.9 Å². The van der Waals surface area contributed by atoms with Crippen LogP contribution in [0.5, 0.6) is 0 Å². The third-order valence-corrected chi connectivity index (χ3v) is 9.00. The lowest BCUT2D eigenvalue weighted by Crippen LogP contribution is -2.46. The number of carbonyl (C=O) groups is 1. The number of para-hydroxylation sites is 1. The quantitative estimate of drug-likeness (QED) is 0.447. The SMILES string of the molecule is O=C(c1cn(Cc2ccccc2)c2ccccc12)N1CCC(NS(=O)(=O)c2cccs2)CC1. The number of benzene rings is 2. The molecule has 3 heterocycles. The number of rotatable bonds is 6. The summed E-state index contributed by atoms with van der Waals surface area (Å²) >= 11 is 1.21. The molecule has 0 bridgehead atoms. The van der Waals surface area contributed by atoms with Gasteiger partial charge in [-0.2, -0.15) is 0 Å². The maximum atomic E-state index is 13.4. The highest BCUT2D eigenvalue weighted by molar-refractivity contribution is 7.91. The predicted octanol–water partition coefficient (Wildman–Crippen LogP) is 4.33. The Balaban J connectivity index is 1.31.